The Kier molecular flexibility index (Phi) is 9.90. The highest BCUT2D eigenvalue weighted by Gasteiger charge is 2.23. The van der Waals surface area contributed by atoms with Crippen molar-refractivity contribution in [2.24, 2.45) is 12.5 Å². The molecule has 3 aromatic carbocycles. The highest BCUT2D eigenvalue weighted by molar-refractivity contribution is 6.39. The number of nitrogens with zero attached hydrogens (tertiary/aromatic N) is 2. The second kappa shape index (κ2) is 13.1. The number of aromatic nitrogens is 2. The zero-order valence-corrected chi connectivity index (χ0v) is 25.8. The van der Waals surface area contributed by atoms with Crippen LogP contribution in [-0.2, 0) is 18.4 Å². The fourth-order valence-electron chi connectivity index (χ4n) is 4.11. The van der Waals surface area contributed by atoms with Gasteiger partial charge >= 0.3 is 0 Å². The average Bonchev–Trinajstić information content (AvgIpc) is 3.21. The summed E-state index contributed by atoms with van der Waals surface area (Å²) in [5, 5.41) is 20.3. The Hall–Kier alpha value is -3.38. The number of anilines is 3. The highest BCUT2D eigenvalue weighted by atomic mass is 35.5. The molecule has 0 spiro atoms. The number of carbonyl (C=O) groups is 1. The summed E-state index contributed by atoms with van der Waals surface area (Å²) in [4.78, 5) is 16.9. The number of halogens is 6. The first-order valence-corrected chi connectivity index (χ1v) is 14.1. The Morgan fingerprint density at radius 3 is 2.49 bits per heavy atom. The van der Waals surface area contributed by atoms with Gasteiger partial charge < -0.3 is 30.4 Å². The van der Waals surface area contributed by atoms with Crippen LogP contribution in [0.15, 0.2) is 42.5 Å². The lowest BCUT2D eigenvalue weighted by molar-refractivity contribution is -0.128. The molecule has 1 atom stereocenters. The zero-order chi connectivity index (χ0) is 31.6. The van der Waals surface area contributed by atoms with E-state index in [9.17, 15) is 23.1 Å². The SMILES string of the molecule is Cn1c(Nc2c(Cl)ccc(CNC(=O)C(C)(C)C)c2Cl)nc2cc(C(O)Nc3cc(F)cc(Cl)c3)c(OCC(F)F)cc21. The third-order valence-electron chi connectivity index (χ3n) is 6.37. The Balaban J connectivity index is 1.69. The monoisotopic (exact) mass is 657 g/mol. The van der Waals surface area contributed by atoms with Crippen molar-refractivity contribution in [3.63, 3.8) is 0 Å². The van der Waals surface area contributed by atoms with Crippen molar-refractivity contribution in [2.75, 3.05) is 17.2 Å². The molecule has 0 aliphatic carbocycles. The highest BCUT2D eigenvalue weighted by Crippen LogP contribution is 2.38. The topological polar surface area (TPSA) is 100 Å². The molecule has 1 heterocycles. The predicted molar refractivity (Wildman–Crippen MR) is 163 cm³/mol. The van der Waals surface area contributed by atoms with Crippen LogP contribution in [0.1, 0.15) is 38.1 Å². The van der Waals surface area contributed by atoms with Gasteiger partial charge in [0.25, 0.3) is 6.43 Å². The van der Waals surface area contributed by atoms with Gasteiger partial charge in [-0.05, 0) is 35.9 Å². The fourth-order valence-corrected chi connectivity index (χ4v) is 4.86. The maximum Gasteiger partial charge on any atom is 0.272 e. The van der Waals surface area contributed by atoms with E-state index < -0.39 is 30.5 Å². The van der Waals surface area contributed by atoms with Crippen LogP contribution >= 0.6 is 34.8 Å². The third kappa shape index (κ3) is 7.77. The number of nitrogens with one attached hydrogen (secondary N) is 3. The quantitative estimate of drug-likeness (QED) is 0.130. The first kappa shape index (κ1) is 32.5. The van der Waals surface area contributed by atoms with Gasteiger partial charge in [-0.1, -0.05) is 61.6 Å². The molecule has 1 amide bonds. The van der Waals surface area contributed by atoms with E-state index in [4.69, 9.17) is 39.5 Å². The lowest BCUT2D eigenvalue weighted by atomic mass is 9.95. The van der Waals surface area contributed by atoms with Gasteiger partial charge in [0.15, 0.2) is 6.23 Å². The zero-order valence-electron chi connectivity index (χ0n) is 23.5. The third-order valence-corrected chi connectivity index (χ3v) is 7.33. The predicted octanol–water partition coefficient (Wildman–Crippen LogP) is 7.83. The molecule has 0 radical (unpaired) electrons. The van der Waals surface area contributed by atoms with Crippen LogP contribution in [0.2, 0.25) is 15.1 Å². The number of amides is 1. The Labute approximate surface area is 261 Å². The van der Waals surface area contributed by atoms with Crippen LogP contribution in [-0.4, -0.2) is 33.6 Å². The van der Waals surface area contributed by atoms with Crippen LogP contribution < -0.4 is 20.7 Å². The number of aliphatic hydroxyl groups excluding tert-OH is 1. The Morgan fingerprint density at radius 2 is 1.84 bits per heavy atom. The first-order chi connectivity index (χ1) is 20.1. The number of alkyl halides is 2. The van der Waals surface area contributed by atoms with E-state index >= 15 is 0 Å². The van der Waals surface area contributed by atoms with Crippen molar-refractivity contribution in [3.8, 4) is 5.75 Å². The van der Waals surface area contributed by atoms with Crippen molar-refractivity contribution in [3.05, 3.63) is 74.5 Å². The number of fused-ring (bicyclic) bond motifs is 1. The first-order valence-electron chi connectivity index (χ1n) is 13.0. The molecule has 1 unspecified atom stereocenters. The second-order valence-corrected chi connectivity index (χ2v) is 12.0. The fraction of sp³-hybridized carbons (Fsp3) is 0.310. The normalized spacial score (nSPS) is 12.5. The number of aliphatic hydroxyl groups is 1. The lowest BCUT2D eigenvalue weighted by Gasteiger charge is -2.19. The largest absolute Gasteiger partial charge is 0.487 e. The molecule has 0 aliphatic rings. The van der Waals surface area contributed by atoms with Gasteiger partial charge in [0.05, 0.1) is 26.8 Å². The summed E-state index contributed by atoms with van der Waals surface area (Å²) in [5.74, 6) is -0.546. The van der Waals surface area contributed by atoms with Crippen molar-refractivity contribution in [1.82, 2.24) is 14.9 Å². The van der Waals surface area contributed by atoms with E-state index in [1.165, 1.54) is 18.2 Å². The molecule has 4 aromatic rings. The van der Waals surface area contributed by atoms with Crippen molar-refractivity contribution < 1.29 is 27.8 Å². The van der Waals surface area contributed by atoms with E-state index in [1.807, 2.05) is 0 Å². The summed E-state index contributed by atoms with van der Waals surface area (Å²) in [6.45, 7) is 4.63. The summed E-state index contributed by atoms with van der Waals surface area (Å²) in [6, 6.07) is 9.86. The molecule has 0 bridgehead atoms. The van der Waals surface area contributed by atoms with Gasteiger partial charge in [0, 0.05) is 41.3 Å². The summed E-state index contributed by atoms with van der Waals surface area (Å²) < 4.78 is 46.9. The molecule has 230 valence electrons. The molecular formula is C29H29Cl3F3N5O3. The van der Waals surface area contributed by atoms with E-state index in [0.29, 0.717) is 22.3 Å². The minimum absolute atomic E-state index is 0.0440. The second-order valence-electron chi connectivity index (χ2n) is 10.7. The molecule has 8 nitrogen and oxygen atoms in total. The molecule has 4 rings (SSSR count). The van der Waals surface area contributed by atoms with E-state index in [0.717, 1.165) is 12.1 Å². The van der Waals surface area contributed by atoms with Gasteiger partial charge in [-0.25, -0.2) is 18.2 Å². The number of rotatable bonds is 10. The lowest BCUT2D eigenvalue weighted by Crippen LogP contribution is -2.34. The van der Waals surface area contributed by atoms with Gasteiger partial charge in [-0.15, -0.1) is 0 Å². The summed E-state index contributed by atoms with van der Waals surface area (Å²) >= 11 is 19.0. The Bertz CT molecular complexity index is 1640. The molecule has 1 aromatic heterocycles. The van der Waals surface area contributed by atoms with E-state index in [2.05, 4.69) is 20.9 Å². The smallest absolute Gasteiger partial charge is 0.272 e. The molecule has 0 aliphatic heterocycles. The van der Waals surface area contributed by atoms with Crippen LogP contribution in [0.25, 0.3) is 11.0 Å². The van der Waals surface area contributed by atoms with Crippen LogP contribution in [0, 0.1) is 11.2 Å². The van der Waals surface area contributed by atoms with Crippen molar-refractivity contribution >= 4 is 69.1 Å². The Morgan fingerprint density at radius 1 is 1.12 bits per heavy atom. The molecule has 0 saturated carbocycles. The van der Waals surface area contributed by atoms with Gasteiger partial charge in [0.1, 0.15) is 18.2 Å². The number of ether oxygens (including phenoxy) is 1. The van der Waals surface area contributed by atoms with Gasteiger partial charge in [0.2, 0.25) is 11.9 Å². The van der Waals surface area contributed by atoms with E-state index in [-0.39, 0.29) is 50.5 Å². The molecule has 4 N–H and O–H groups in total. The minimum Gasteiger partial charge on any atom is -0.487 e. The minimum atomic E-state index is -2.77. The molecular weight excluding hydrogens is 630 g/mol. The van der Waals surface area contributed by atoms with Crippen molar-refractivity contribution in [1.29, 1.82) is 0 Å². The van der Waals surface area contributed by atoms with Gasteiger partial charge in [-0.2, -0.15) is 0 Å². The molecule has 14 heteroatoms. The summed E-state index contributed by atoms with van der Waals surface area (Å²) in [5.41, 5.74) is 1.43. The number of imidazole rings is 1. The van der Waals surface area contributed by atoms with Crippen LogP contribution in [0.5, 0.6) is 5.75 Å². The summed E-state index contributed by atoms with van der Waals surface area (Å²) in [6.07, 6.45) is -4.28. The van der Waals surface area contributed by atoms with E-state index in [1.54, 1.807) is 44.5 Å². The van der Waals surface area contributed by atoms with Crippen LogP contribution in [0.3, 0.4) is 0 Å². The van der Waals surface area contributed by atoms with Crippen LogP contribution in [0.4, 0.5) is 30.5 Å². The standard InChI is InChI=1S/C29H29Cl3F3N5O3/c1-29(2,3)27(42)36-12-14-5-6-19(31)25(24(14)32)39-28-38-20-10-18(22(43-13-23(34)35)11-21(20)40(28)4)26(41)37-17-8-15(30)7-16(33)9-17/h5-11,23,26,37,41H,12-13H2,1-4H3,(H,36,42)(H,38,39). The number of aryl methyl sites for hydroxylation is 1. The molecule has 0 saturated heterocycles. The van der Waals surface area contributed by atoms with Crippen molar-refractivity contribution in [2.45, 2.75) is 40.0 Å². The number of carbonyl (C=O) groups excluding carboxylic acids is 1. The molecule has 43 heavy (non-hydrogen) atoms. The number of benzene rings is 3. The summed E-state index contributed by atoms with van der Waals surface area (Å²) in [7, 11) is 1.67. The number of hydrogen-bond acceptors (Lipinski definition) is 6. The molecule has 0 fully saturated rings. The van der Waals surface area contributed by atoms with Gasteiger partial charge in [-0.3, -0.25) is 4.79 Å². The number of hydrogen-bond donors (Lipinski definition) is 4. The maximum absolute atomic E-state index is 13.8. The maximum atomic E-state index is 13.8. The average molecular weight is 659 g/mol.